The van der Waals surface area contributed by atoms with Crippen molar-refractivity contribution in [3.05, 3.63) is 29.8 Å². The third-order valence-electron chi connectivity index (χ3n) is 7.23. The van der Waals surface area contributed by atoms with Crippen LogP contribution in [0.5, 0.6) is 5.75 Å². The highest BCUT2D eigenvalue weighted by atomic mass is 16.5. The van der Waals surface area contributed by atoms with Crippen LogP contribution in [0.2, 0.25) is 0 Å². The Kier molecular flexibility index (Phi) is 6.91. The Morgan fingerprint density at radius 1 is 1.09 bits per heavy atom. The number of phenolic OH excluding ortho intramolecular Hbond substituents is 1. The van der Waals surface area contributed by atoms with E-state index in [0.717, 1.165) is 12.0 Å². The molecule has 1 aromatic rings. The van der Waals surface area contributed by atoms with Gasteiger partial charge in [-0.3, -0.25) is 9.59 Å². The maximum Gasteiger partial charge on any atom is 0.223 e. The number of nitrogens with one attached hydrogen (secondary N) is 2. The monoisotopic (exact) mass is 445 g/mol. The summed E-state index contributed by atoms with van der Waals surface area (Å²) in [7, 11) is 0. The van der Waals surface area contributed by atoms with E-state index in [1.807, 2.05) is 46.8 Å². The van der Waals surface area contributed by atoms with Crippen LogP contribution in [0.25, 0.3) is 0 Å². The molecular formula is C25H39N3O4. The summed E-state index contributed by atoms with van der Waals surface area (Å²) in [6.45, 7) is 11.5. The molecule has 0 unspecified atom stereocenters. The van der Waals surface area contributed by atoms with Crippen molar-refractivity contribution in [3.63, 3.8) is 0 Å². The standard InChI is InChI=1S/C25H39N3O4/c1-15(23(31)27-18-13-24(3,4)28(32)25(5,6)14-18)20-12-21(20)22(26-16(2)29)11-17-7-9-19(30)10-8-17/h7-10,15,18,20-22,30,32H,11-14H2,1-6H3,(H,26,29)(H,27,31)/t15-,20-,21+,22-/m0/s1. The van der Waals surface area contributed by atoms with Crippen molar-refractivity contribution in [2.45, 2.75) is 90.4 Å². The summed E-state index contributed by atoms with van der Waals surface area (Å²) >= 11 is 0. The molecule has 178 valence electrons. The lowest BCUT2D eigenvalue weighted by Gasteiger charge is -2.51. The molecule has 0 aromatic heterocycles. The Morgan fingerprint density at radius 3 is 2.19 bits per heavy atom. The number of hydrogen-bond acceptors (Lipinski definition) is 5. The SMILES string of the molecule is CC(=O)N[C@@H](Cc1ccc(O)cc1)[C@@H]1C[C@H]1[C@H](C)C(=O)NC1CC(C)(C)N(O)C(C)(C)C1. The number of aromatic hydroxyl groups is 1. The van der Waals surface area contributed by atoms with Gasteiger partial charge in [-0.05, 0) is 82.9 Å². The topological polar surface area (TPSA) is 102 Å². The summed E-state index contributed by atoms with van der Waals surface area (Å²) in [5.74, 6) is 0.527. The minimum atomic E-state index is -0.411. The molecule has 7 heteroatoms. The number of carbonyl (C=O) groups excluding carboxylic acids is 2. The van der Waals surface area contributed by atoms with E-state index in [4.69, 9.17) is 0 Å². The Hall–Kier alpha value is -2.12. The molecule has 32 heavy (non-hydrogen) atoms. The van der Waals surface area contributed by atoms with Crippen LogP contribution >= 0.6 is 0 Å². The summed E-state index contributed by atoms with van der Waals surface area (Å²) < 4.78 is 0. The van der Waals surface area contributed by atoms with E-state index < -0.39 is 11.1 Å². The maximum atomic E-state index is 13.1. The van der Waals surface area contributed by atoms with Crippen molar-refractivity contribution in [1.29, 1.82) is 0 Å². The molecule has 2 amide bonds. The third-order valence-corrected chi connectivity index (χ3v) is 7.23. The summed E-state index contributed by atoms with van der Waals surface area (Å²) in [5.41, 5.74) is 0.224. The van der Waals surface area contributed by atoms with E-state index in [0.29, 0.717) is 19.3 Å². The van der Waals surface area contributed by atoms with Gasteiger partial charge in [-0.15, -0.1) is 0 Å². The van der Waals surface area contributed by atoms with Crippen molar-refractivity contribution >= 4 is 11.8 Å². The Bertz CT molecular complexity index is 818. The lowest BCUT2D eigenvalue weighted by molar-refractivity contribution is -0.246. The molecule has 2 aliphatic rings. The number of hydrogen-bond donors (Lipinski definition) is 4. The molecule has 1 saturated carbocycles. The number of carbonyl (C=O) groups is 2. The molecular weight excluding hydrogens is 406 g/mol. The quantitative estimate of drug-likeness (QED) is 0.516. The number of nitrogens with zero attached hydrogens (tertiary/aromatic N) is 1. The van der Waals surface area contributed by atoms with Gasteiger partial charge in [0.25, 0.3) is 0 Å². The van der Waals surface area contributed by atoms with Gasteiger partial charge in [0.05, 0.1) is 0 Å². The molecule has 7 nitrogen and oxygen atoms in total. The molecule has 3 rings (SSSR count). The van der Waals surface area contributed by atoms with Gasteiger partial charge in [-0.2, -0.15) is 5.06 Å². The fourth-order valence-corrected chi connectivity index (χ4v) is 5.63. The number of hydroxylamine groups is 2. The fraction of sp³-hybridized carbons (Fsp3) is 0.680. The molecule has 0 spiro atoms. The molecule has 4 atom stereocenters. The first-order valence-corrected chi connectivity index (χ1v) is 11.6. The molecule has 0 bridgehead atoms. The third kappa shape index (κ3) is 5.62. The highest BCUT2D eigenvalue weighted by Crippen LogP contribution is 2.47. The first-order chi connectivity index (χ1) is 14.8. The molecule has 1 aliphatic heterocycles. The minimum absolute atomic E-state index is 0.0127. The predicted octanol–water partition coefficient (Wildman–Crippen LogP) is 3.24. The normalized spacial score (nSPS) is 26.7. The number of phenols is 1. The van der Waals surface area contributed by atoms with Gasteiger partial charge < -0.3 is 20.9 Å². The zero-order chi connectivity index (χ0) is 23.8. The molecule has 1 heterocycles. The van der Waals surface area contributed by atoms with Gasteiger partial charge in [-0.1, -0.05) is 19.1 Å². The predicted molar refractivity (Wildman–Crippen MR) is 123 cm³/mol. The van der Waals surface area contributed by atoms with Crippen LogP contribution in [0.3, 0.4) is 0 Å². The minimum Gasteiger partial charge on any atom is -0.508 e. The van der Waals surface area contributed by atoms with E-state index in [1.165, 1.54) is 12.0 Å². The average molecular weight is 446 g/mol. The van der Waals surface area contributed by atoms with E-state index in [1.54, 1.807) is 12.1 Å². The van der Waals surface area contributed by atoms with Gasteiger partial charge in [0, 0.05) is 36.0 Å². The first kappa shape index (κ1) is 24.5. The summed E-state index contributed by atoms with van der Waals surface area (Å²) in [6.07, 6.45) is 2.96. The van der Waals surface area contributed by atoms with E-state index in [2.05, 4.69) is 10.6 Å². The second-order valence-electron chi connectivity index (χ2n) is 11.1. The number of benzene rings is 1. The summed E-state index contributed by atoms with van der Waals surface area (Å²) in [6, 6.07) is 7.03. The van der Waals surface area contributed by atoms with Crippen LogP contribution < -0.4 is 10.6 Å². The number of piperidine rings is 1. The van der Waals surface area contributed by atoms with Crippen LogP contribution in [-0.2, 0) is 16.0 Å². The van der Waals surface area contributed by atoms with Gasteiger partial charge in [0.1, 0.15) is 5.75 Å². The summed E-state index contributed by atoms with van der Waals surface area (Å²) in [5, 5.41) is 27.7. The molecule has 2 fully saturated rings. The molecule has 1 saturated heterocycles. The average Bonchev–Trinajstić information content (AvgIpc) is 3.46. The van der Waals surface area contributed by atoms with E-state index in [9.17, 15) is 19.9 Å². The molecule has 1 aliphatic carbocycles. The molecule has 0 radical (unpaired) electrons. The van der Waals surface area contributed by atoms with Crippen molar-refractivity contribution in [2.24, 2.45) is 17.8 Å². The van der Waals surface area contributed by atoms with Crippen LogP contribution in [0, 0.1) is 17.8 Å². The fourth-order valence-electron chi connectivity index (χ4n) is 5.63. The van der Waals surface area contributed by atoms with E-state index in [-0.39, 0.29) is 47.4 Å². The maximum absolute atomic E-state index is 13.1. The highest BCUT2D eigenvalue weighted by Gasteiger charge is 2.50. The van der Waals surface area contributed by atoms with E-state index >= 15 is 0 Å². The molecule has 4 N–H and O–H groups in total. The zero-order valence-electron chi connectivity index (χ0n) is 20.2. The smallest absolute Gasteiger partial charge is 0.223 e. The number of rotatable bonds is 7. The van der Waals surface area contributed by atoms with Crippen LogP contribution in [0.1, 0.15) is 66.4 Å². The Labute approximate surface area is 191 Å². The van der Waals surface area contributed by atoms with Crippen molar-refractivity contribution in [2.75, 3.05) is 0 Å². The first-order valence-electron chi connectivity index (χ1n) is 11.6. The van der Waals surface area contributed by atoms with Crippen molar-refractivity contribution < 1.29 is 19.9 Å². The largest absolute Gasteiger partial charge is 0.508 e. The Balaban J connectivity index is 1.61. The number of amides is 2. The molecule has 1 aromatic carbocycles. The van der Waals surface area contributed by atoms with Gasteiger partial charge in [-0.25, -0.2) is 0 Å². The van der Waals surface area contributed by atoms with Crippen LogP contribution in [0.4, 0.5) is 0 Å². The van der Waals surface area contributed by atoms with Crippen molar-refractivity contribution in [1.82, 2.24) is 15.7 Å². The summed E-state index contributed by atoms with van der Waals surface area (Å²) in [4.78, 5) is 24.9. The van der Waals surface area contributed by atoms with Gasteiger partial charge in [0.15, 0.2) is 0 Å². The highest BCUT2D eigenvalue weighted by molar-refractivity contribution is 5.79. The zero-order valence-corrected chi connectivity index (χ0v) is 20.2. The lowest BCUT2D eigenvalue weighted by Crippen LogP contribution is -2.63. The van der Waals surface area contributed by atoms with Crippen LogP contribution in [-0.4, -0.2) is 50.4 Å². The Morgan fingerprint density at radius 2 is 1.66 bits per heavy atom. The van der Waals surface area contributed by atoms with Crippen molar-refractivity contribution in [3.8, 4) is 5.75 Å². The van der Waals surface area contributed by atoms with Gasteiger partial charge >= 0.3 is 0 Å². The second kappa shape index (κ2) is 9.02. The lowest BCUT2D eigenvalue weighted by atomic mass is 9.78. The van der Waals surface area contributed by atoms with Crippen LogP contribution in [0.15, 0.2) is 24.3 Å². The van der Waals surface area contributed by atoms with Gasteiger partial charge in [0.2, 0.25) is 11.8 Å². The second-order valence-corrected chi connectivity index (χ2v) is 11.1.